The van der Waals surface area contributed by atoms with E-state index >= 15 is 0 Å². The number of hydrogen-bond donors (Lipinski definition) is 0. The van der Waals surface area contributed by atoms with Gasteiger partial charge in [0.1, 0.15) is 24.3 Å². The second kappa shape index (κ2) is 9.68. The molecule has 0 fully saturated rings. The summed E-state index contributed by atoms with van der Waals surface area (Å²) in [7, 11) is 0. The highest BCUT2D eigenvalue weighted by molar-refractivity contribution is 5.81. The first-order valence-corrected chi connectivity index (χ1v) is 5.39. The summed E-state index contributed by atoms with van der Waals surface area (Å²) in [6.45, 7) is 6.76. The zero-order chi connectivity index (χ0) is 13.8. The molecule has 0 aromatic heterocycles. The molecule has 0 heterocycles. The van der Waals surface area contributed by atoms with Crippen LogP contribution in [-0.2, 0) is 9.53 Å². The van der Waals surface area contributed by atoms with Crippen molar-refractivity contribution >= 4 is 5.97 Å². The average Bonchev–Trinajstić information content (AvgIpc) is 2.41. The average molecular weight is 245 g/mol. The summed E-state index contributed by atoms with van der Waals surface area (Å²) in [6, 6.07) is 3.52. The Morgan fingerprint density at radius 1 is 1.44 bits per heavy atom. The zero-order valence-electron chi connectivity index (χ0n) is 10.3. The third kappa shape index (κ3) is 6.86. The van der Waals surface area contributed by atoms with Crippen LogP contribution in [0.4, 0.5) is 0 Å². The number of likely N-dealkylation sites (N-methyl/N-ethyl adjacent to an activating group) is 1. The zero-order valence-corrected chi connectivity index (χ0v) is 10.3. The van der Waals surface area contributed by atoms with E-state index in [1.54, 1.807) is 24.4 Å². The predicted octanol–water partition coefficient (Wildman–Crippen LogP) is 1.52. The van der Waals surface area contributed by atoms with Crippen LogP contribution in [0.3, 0.4) is 0 Å². The maximum absolute atomic E-state index is 10.8. The molecule has 0 unspecified atom stereocenters. The first kappa shape index (κ1) is 15.5. The van der Waals surface area contributed by atoms with Gasteiger partial charge in [0.2, 0.25) is 0 Å². The quantitative estimate of drug-likeness (QED) is 0.294. The Hall–Kier alpha value is -2.53. The third-order valence-electron chi connectivity index (χ3n) is 2.00. The van der Waals surface area contributed by atoms with Crippen LogP contribution < -0.4 is 0 Å². The Labute approximate surface area is 107 Å². The molecular formula is C13H15N3O2. The van der Waals surface area contributed by atoms with E-state index in [0.717, 1.165) is 12.6 Å². The van der Waals surface area contributed by atoms with E-state index in [-0.39, 0.29) is 12.2 Å². The van der Waals surface area contributed by atoms with Gasteiger partial charge in [-0.1, -0.05) is 6.58 Å². The van der Waals surface area contributed by atoms with Crippen molar-refractivity contribution in [1.29, 1.82) is 10.5 Å². The highest BCUT2D eigenvalue weighted by atomic mass is 16.5. The normalized spacial score (nSPS) is 9.06. The molecule has 0 aromatic rings. The summed E-state index contributed by atoms with van der Waals surface area (Å²) in [5.74, 6) is -0.453. The number of allylic oxidation sites excluding steroid dienone is 3. The minimum absolute atomic E-state index is 0.0420. The second-order valence-electron chi connectivity index (χ2n) is 3.15. The number of rotatable bonds is 7. The summed E-state index contributed by atoms with van der Waals surface area (Å²) >= 11 is 0. The summed E-state index contributed by atoms with van der Waals surface area (Å²) < 4.78 is 4.84. The lowest BCUT2D eigenvalue weighted by Gasteiger charge is -2.17. The topological polar surface area (TPSA) is 77.1 Å². The molecule has 0 saturated heterocycles. The number of hydrogen-bond acceptors (Lipinski definition) is 5. The molecule has 0 rings (SSSR count). The number of carbonyl (C=O) groups is 1. The minimum Gasteiger partial charge on any atom is -0.461 e. The van der Waals surface area contributed by atoms with Gasteiger partial charge in [0.15, 0.2) is 0 Å². The third-order valence-corrected chi connectivity index (χ3v) is 2.00. The fourth-order valence-electron chi connectivity index (χ4n) is 1.02. The Morgan fingerprint density at radius 2 is 2.11 bits per heavy atom. The lowest BCUT2D eigenvalue weighted by atomic mass is 10.3. The number of nitrogens with zero attached hydrogens (tertiary/aromatic N) is 3. The SMILES string of the molecule is C=CC(=O)OCCN(/C=C/C=C(C#N)C#N)CC. The van der Waals surface area contributed by atoms with E-state index in [1.807, 2.05) is 11.8 Å². The first-order valence-electron chi connectivity index (χ1n) is 5.39. The number of ether oxygens (including phenoxy) is 1. The van der Waals surface area contributed by atoms with Gasteiger partial charge in [-0.2, -0.15) is 10.5 Å². The largest absolute Gasteiger partial charge is 0.461 e. The lowest BCUT2D eigenvalue weighted by molar-refractivity contribution is -0.137. The first-order chi connectivity index (χ1) is 8.67. The van der Waals surface area contributed by atoms with Crippen LogP contribution in [-0.4, -0.2) is 30.6 Å². The molecule has 94 valence electrons. The maximum Gasteiger partial charge on any atom is 0.330 e. The number of nitriles is 2. The van der Waals surface area contributed by atoms with E-state index in [1.165, 1.54) is 6.08 Å². The fourth-order valence-corrected chi connectivity index (χ4v) is 1.02. The Bertz CT molecular complexity index is 408. The molecular weight excluding hydrogens is 230 g/mol. The van der Waals surface area contributed by atoms with Crippen molar-refractivity contribution < 1.29 is 9.53 Å². The molecule has 0 atom stereocenters. The van der Waals surface area contributed by atoms with Crippen LogP contribution in [0, 0.1) is 22.7 Å². The molecule has 5 nitrogen and oxygen atoms in total. The smallest absolute Gasteiger partial charge is 0.330 e. The molecule has 0 bridgehead atoms. The Kier molecular flexibility index (Phi) is 8.32. The van der Waals surface area contributed by atoms with Gasteiger partial charge in [-0.3, -0.25) is 0 Å². The van der Waals surface area contributed by atoms with Crippen molar-refractivity contribution in [2.45, 2.75) is 6.92 Å². The van der Waals surface area contributed by atoms with E-state index < -0.39 is 5.97 Å². The highest BCUT2D eigenvalue weighted by Crippen LogP contribution is 1.94. The molecule has 5 heteroatoms. The van der Waals surface area contributed by atoms with Crippen molar-refractivity contribution in [2.24, 2.45) is 0 Å². The summed E-state index contributed by atoms with van der Waals surface area (Å²) in [5.41, 5.74) is 0.0420. The molecule has 0 amide bonds. The molecule has 0 radical (unpaired) electrons. The molecule has 0 saturated carbocycles. The van der Waals surface area contributed by atoms with Gasteiger partial charge in [-0.15, -0.1) is 0 Å². The minimum atomic E-state index is -0.453. The molecule has 0 N–H and O–H groups in total. The molecule has 0 spiro atoms. The molecule has 0 aliphatic rings. The fraction of sp³-hybridized carbons (Fsp3) is 0.308. The lowest BCUT2D eigenvalue weighted by Crippen LogP contribution is -2.22. The van der Waals surface area contributed by atoms with Gasteiger partial charge in [-0.05, 0) is 25.3 Å². The van der Waals surface area contributed by atoms with Crippen LogP contribution in [0.2, 0.25) is 0 Å². The summed E-state index contributed by atoms with van der Waals surface area (Å²) in [6.07, 6.45) is 5.89. The van der Waals surface area contributed by atoms with Gasteiger partial charge in [0, 0.05) is 12.6 Å². The second-order valence-corrected chi connectivity index (χ2v) is 3.15. The maximum atomic E-state index is 10.8. The van der Waals surface area contributed by atoms with Crippen molar-refractivity contribution in [3.63, 3.8) is 0 Å². The van der Waals surface area contributed by atoms with Gasteiger partial charge >= 0.3 is 5.97 Å². The van der Waals surface area contributed by atoms with Crippen molar-refractivity contribution in [1.82, 2.24) is 4.90 Å². The molecule has 0 aliphatic heterocycles. The monoisotopic (exact) mass is 245 g/mol. The van der Waals surface area contributed by atoms with Gasteiger partial charge in [-0.25, -0.2) is 4.79 Å². The van der Waals surface area contributed by atoms with Gasteiger partial charge in [0.05, 0.1) is 6.54 Å². The van der Waals surface area contributed by atoms with Crippen LogP contribution in [0.5, 0.6) is 0 Å². The van der Waals surface area contributed by atoms with Crippen LogP contribution in [0.25, 0.3) is 0 Å². The molecule has 0 aromatic carbocycles. The van der Waals surface area contributed by atoms with Crippen molar-refractivity contribution in [3.05, 3.63) is 36.6 Å². The van der Waals surface area contributed by atoms with E-state index in [0.29, 0.717) is 6.54 Å². The molecule has 0 aliphatic carbocycles. The van der Waals surface area contributed by atoms with Gasteiger partial charge in [0.25, 0.3) is 0 Å². The Balaban J connectivity index is 4.20. The van der Waals surface area contributed by atoms with E-state index in [2.05, 4.69) is 6.58 Å². The van der Waals surface area contributed by atoms with Crippen LogP contribution in [0.1, 0.15) is 6.92 Å². The summed E-state index contributed by atoms with van der Waals surface area (Å²) in [4.78, 5) is 12.7. The standard InChI is InChI=1S/C13H15N3O2/c1-3-13(17)18-9-8-16(4-2)7-5-6-12(10-14)11-15/h3,5-7H,1,4,8-9H2,2H3/b7-5+. The number of esters is 1. The van der Waals surface area contributed by atoms with Crippen molar-refractivity contribution in [2.75, 3.05) is 19.7 Å². The summed E-state index contributed by atoms with van der Waals surface area (Å²) in [5, 5.41) is 17.0. The van der Waals surface area contributed by atoms with Crippen molar-refractivity contribution in [3.8, 4) is 12.1 Å². The van der Waals surface area contributed by atoms with E-state index in [4.69, 9.17) is 15.3 Å². The van der Waals surface area contributed by atoms with Crippen LogP contribution >= 0.6 is 0 Å². The van der Waals surface area contributed by atoms with Crippen LogP contribution in [0.15, 0.2) is 36.6 Å². The highest BCUT2D eigenvalue weighted by Gasteiger charge is 1.98. The van der Waals surface area contributed by atoms with Gasteiger partial charge < -0.3 is 9.64 Å². The predicted molar refractivity (Wildman–Crippen MR) is 66.9 cm³/mol. The molecule has 18 heavy (non-hydrogen) atoms. The van der Waals surface area contributed by atoms with E-state index in [9.17, 15) is 4.79 Å². The Morgan fingerprint density at radius 3 is 2.61 bits per heavy atom. The number of carbonyl (C=O) groups excluding carboxylic acids is 1.